The molecular weight excluding hydrogens is 526 g/mol. The predicted octanol–water partition coefficient (Wildman–Crippen LogP) is 6.14. The summed E-state index contributed by atoms with van der Waals surface area (Å²) in [6, 6.07) is 20.7. The van der Waals surface area contributed by atoms with Crippen LogP contribution >= 0.6 is 31.9 Å². The number of rotatable bonds is 6. The summed E-state index contributed by atoms with van der Waals surface area (Å²) in [5, 5.41) is 0. The molecule has 3 aromatic carbocycles. The number of hydrogen-bond acceptors (Lipinski definition) is 5. The molecule has 0 radical (unpaired) electrons. The fraction of sp³-hybridized carbons (Fsp3) is 0.0833. The number of methoxy groups -OCH3 is 1. The highest BCUT2D eigenvalue weighted by Gasteiger charge is 2.25. The summed E-state index contributed by atoms with van der Waals surface area (Å²) in [7, 11) is 1.57. The van der Waals surface area contributed by atoms with Gasteiger partial charge in [0.1, 0.15) is 6.61 Å². The maximum Gasteiger partial charge on any atom is 0.363 e. The quantitative estimate of drug-likeness (QED) is 0.277. The summed E-state index contributed by atoms with van der Waals surface area (Å²) < 4.78 is 18.8. The maximum atomic E-state index is 12.4. The summed E-state index contributed by atoms with van der Waals surface area (Å²) in [4.78, 5) is 16.8. The normalized spacial score (nSPS) is 14.4. The Balaban J connectivity index is 1.66. The first-order valence-electron chi connectivity index (χ1n) is 9.37. The Morgan fingerprint density at radius 2 is 1.77 bits per heavy atom. The van der Waals surface area contributed by atoms with Gasteiger partial charge in [0, 0.05) is 25.6 Å². The minimum Gasteiger partial charge on any atom is -0.493 e. The lowest BCUT2D eigenvalue weighted by atomic mass is 10.1. The van der Waals surface area contributed by atoms with Gasteiger partial charge in [-0.1, -0.05) is 62.2 Å². The van der Waals surface area contributed by atoms with Crippen LogP contribution < -0.4 is 9.47 Å². The zero-order valence-corrected chi connectivity index (χ0v) is 19.6. The first-order chi connectivity index (χ1) is 15.0. The van der Waals surface area contributed by atoms with Gasteiger partial charge in [0.2, 0.25) is 5.90 Å². The number of hydrogen-bond donors (Lipinski definition) is 0. The van der Waals surface area contributed by atoms with Crippen molar-refractivity contribution in [3.8, 4) is 11.5 Å². The van der Waals surface area contributed by atoms with Crippen molar-refractivity contribution in [2.75, 3.05) is 7.11 Å². The molecule has 1 aliphatic rings. The minimum absolute atomic E-state index is 0.192. The van der Waals surface area contributed by atoms with Crippen molar-refractivity contribution in [1.82, 2.24) is 0 Å². The van der Waals surface area contributed by atoms with Gasteiger partial charge in [-0.2, -0.15) is 0 Å². The monoisotopic (exact) mass is 541 g/mol. The van der Waals surface area contributed by atoms with Crippen LogP contribution in [-0.2, 0) is 16.1 Å². The maximum absolute atomic E-state index is 12.4. The lowest BCUT2D eigenvalue weighted by Gasteiger charge is -2.14. The van der Waals surface area contributed by atoms with E-state index < -0.39 is 5.97 Å². The fourth-order valence-electron chi connectivity index (χ4n) is 3.00. The van der Waals surface area contributed by atoms with Crippen molar-refractivity contribution in [2.24, 2.45) is 4.99 Å². The molecule has 0 amide bonds. The molecule has 0 saturated heterocycles. The third kappa shape index (κ3) is 4.89. The second kappa shape index (κ2) is 9.49. The van der Waals surface area contributed by atoms with Crippen molar-refractivity contribution in [3.63, 3.8) is 0 Å². The Morgan fingerprint density at radius 1 is 1.00 bits per heavy atom. The lowest BCUT2D eigenvalue weighted by Crippen LogP contribution is -2.05. The largest absolute Gasteiger partial charge is 0.493 e. The van der Waals surface area contributed by atoms with E-state index in [1.165, 1.54) is 0 Å². The van der Waals surface area contributed by atoms with Gasteiger partial charge in [0.25, 0.3) is 0 Å². The molecule has 1 aliphatic heterocycles. The molecule has 0 fully saturated rings. The van der Waals surface area contributed by atoms with E-state index in [1.807, 2.05) is 60.7 Å². The number of halogens is 2. The van der Waals surface area contributed by atoms with Gasteiger partial charge in [-0.15, -0.1) is 0 Å². The van der Waals surface area contributed by atoms with E-state index >= 15 is 0 Å². The topological polar surface area (TPSA) is 57.1 Å². The van der Waals surface area contributed by atoms with Crippen molar-refractivity contribution in [2.45, 2.75) is 6.61 Å². The van der Waals surface area contributed by atoms with E-state index in [4.69, 9.17) is 14.2 Å². The van der Waals surface area contributed by atoms with E-state index in [9.17, 15) is 4.79 Å². The highest BCUT2D eigenvalue weighted by Crippen LogP contribution is 2.34. The smallest absolute Gasteiger partial charge is 0.363 e. The Bertz CT molecular complexity index is 1190. The van der Waals surface area contributed by atoms with Crippen LogP contribution in [0.15, 0.2) is 86.4 Å². The predicted molar refractivity (Wildman–Crippen MR) is 126 cm³/mol. The van der Waals surface area contributed by atoms with Gasteiger partial charge in [0.15, 0.2) is 17.2 Å². The SMILES string of the molecule is COc1cccc(/C=C2\N=C(c3ccc(Br)cc3)OC2=O)c1OCc1ccccc1Br. The summed E-state index contributed by atoms with van der Waals surface area (Å²) in [5.41, 5.74) is 2.56. The highest BCUT2D eigenvalue weighted by atomic mass is 79.9. The third-order valence-electron chi connectivity index (χ3n) is 4.56. The van der Waals surface area contributed by atoms with E-state index in [0.29, 0.717) is 23.7 Å². The summed E-state index contributed by atoms with van der Waals surface area (Å²) in [6.07, 6.45) is 1.64. The van der Waals surface area contributed by atoms with Crippen molar-refractivity contribution < 1.29 is 19.0 Å². The van der Waals surface area contributed by atoms with Gasteiger partial charge in [-0.25, -0.2) is 9.79 Å². The molecule has 3 aromatic rings. The number of cyclic esters (lactones) is 1. The molecule has 4 rings (SSSR count). The summed E-state index contributed by atoms with van der Waals surface area (Å²) in [6.45, 7) is 0.329. The Labute approximate surface area is 196 Å². The molecule has 0 N–H and O–H groups in total. The third-order valence-corrected chi connectivity index (χ3v) is 5.87. The standard InChI is InChI=1S/C24H17Br2NO4/c1-29-21-8-4-6-16(22(21)30-14-17-5-2-3-7-19(17)26)13-20-24(28)31-23(27-20)15-9-11-18(25)12-10-15/h2-13H,14H2,1H3/b20-13-. The van der Waals surface area contributed by atoms with Crippen LogP contribution in [0.4, 0.5) is 0 Å². The molecule has 31 heavy (non-hydrogen) atoms. The van der Waals surface area contributed by atoms with Crippen LogP contribution in [0, 0.1) is 0 Å². The molecule has 156 valence electrons. The number of esters is 1. The molecule has 0 aromatic heterocycles. The molecular formula is C24H17Br2NO4. The zero-order chi connectivity index (χ0) is 21.8. The first-order valence-corrected chi connectivity index (χ1v) is 11.0. The Hall–Kier alpha value is -2.90. The van der Waals surface area contributed by atoms with Crippen LogP contribution in [0.1, 0.15) is 16.7 Å². The van der Waals surface area contributed by atoms with Gasteiger partial charge >= 0.3 is 5.97 Å². The average molecular weight is 543 g/mol. The second-order valence-corrected chi connectivity index (χ2v) is 8.37. The molecule has 0 saturated carbocycles. The van der Waals surface area contributed by atoms with Crippen LogP contribution in [-0.4, -0.2) is 19.0 Å². The number of ether oxygens (including phenoxy) is 3. The molecule has 0 spiro atoms. The van der Waals surface area contributed by atoms with E-state index in [1.54, 1.807) is 19.3 Å². The van der Waals surface area contributed by atoms with Gasteiger partial charge < -0.3 is 14.2 Å². The van der Waals surface area contributed by atoms with Crippen molar-refractivity contribution >= 4 is 49.8 Å². The number of nitrogens with zero attached hydrogens (tertiary/aromatic N) is 1. The van der Waals surface area contributed by atoms with Crippen molar-refractivity contribution in [3.05, 3.63) is 98.1 Å². The summed E-state index contributed by atoms with van der Waals surface area (Å²) in [5.74, 6) is 0.832. The molecule has 0 aliphatic carbocycles. The van der Waals surface area contributed by atoms with Crippen LogP contribution in [0.3, 0.4) is 0 Å². The van der Waals surface area contributed by atoms with Crippen molar-refractivity contribution in [1.29, 1.82) is 0 Å². The van der Waals surface area contributed by atoms with Crippen LogP contribution in [0.25, 0.3) is 6.08 Å². The Morgan fingerprint density at radius 3 is 2.52 bits per heavy atom. The van der Waals surface area contributed by atoms with Gasteiger partial charge in [0.05, 0.1) is 7.11 Å². The lowest BCUT2D eigenvalue weighted by molar-refractivity contribution is -0.129. The number of benzene rings is 3. The first kappa shape index (κ1) is 21.3. The fourth-order valence-corrected chi connectivity index (χ4v) is 3.66. The summed E-state index contributed by atoms with van der Waals surface area (Å²) >= 11 is 6.92. The average Bonchev–Trinajstić information content (AvgIpc) is 3.14. The van der Waals surface area contributed by atoms with Crippen LogP contribution in [0.5, 0.6) is 11.5 Å². The van der Waals surface area contributed by atoms with Crippen LogP contribution in [0.2, 0.25) is 0 Å². The number of carbonyl (C=O) groups excluding carboxylic acids is 1. The molecule has 1 heterocycles. The molecule has 0 bridgehead atoms. The number of para-hydroxylation sites is 1. The number of aliphatic imine (C=N–C) groups is 1. The zero-order valence-electron chi connectivity index (χ0n) is 16.5. The van der Waals surface area contributed by atoms with E-state index in [2.05, 4.69) is 36.9 Å². The molecule has 0 unspecified atom stereocenters. The highest BCUT2D eigenvalue weighted by molar-refractivity contribution is 9.10. The van der Waals surface area contributed by atoms with E-state index in [-0.39, 0.29) is 11.6 Å². The number of carbonyl (C=O) groups is 1. The van der Waals surface area contributed by atoms with Gasteiger partial charge in [-0.3, -0.25) is 0 Å². The molecule has 5 nitrogen and oxygen atoms in total. The van der Waals surface area contributed by atoms with E-state index in [0.717, 1.165) is 20.1 Å². The second-order valence-electron chi connectivity index (χ2n) is 6.60. The Kier molecular flexibility index (Phi) is 6.53. The minimum atomic E-state index is -0.516. The molecule has 0 atom stereocenters. The van der Waals surface area contributed by atoms with Gasteiger partial charge in [-0.05, 0) is 42.5 Å². The molecule has 7 heteroatoms.